The predicted molar refractivity (Wildman–Crippen MR) is 62.0 cm³/mol. The van der Waals surface area contributed by atoms with Crippen molar-refractivity contribution in [3.63, 3.8) is 0 Å². The summed E-state index contributed by atoms with van der Waals surface area (Å²) in [6.45, 7) is 2.86. The molecule has 1 aromatic carbocycles. The third-order valence-electron chi connectivity index (χ3n) is 2.11. The Morgan fingerprint density at radius 3 is 2.19 bits per heavy atom. The molecule has 0 unspecified atom stereocenters. The number of ketones is 1. The number of hydrogen-bond donors (Lipinski definition) is 2. The van der Waals surface area contributed by atoms with Crippen LogP contribution in [-0.4, -0.2) is 17.3 Å². The largest absolute Gasteiger partial charge is 0.512 e. The molecule has 0 aliphatic rings. The highest BCUT2D eigenvalue weighted by molar-refractivity contribution is 6.20. The van der Waals surface area contributed by atoms with Gasteiger partial charge in [0.15, 0.2) is 5.78 Å². The van der Waals surface area contributed by atoms with Crippen LogP contribution >= 0.6 is 0 Å². The molecule has 0 spiro atoms. The lowest BCUT2D eigenvalue weighted by molar-refractivity contribution is -0.112. The van der Waals surface area contributed by atoms with Gasteiger partial charge in [-0.1, -0.05) is 12.1 Å². The minimum atomic E-state index is -0.198. The molecule has 0 radical (unpaired) electrons. The molecule has 0 fully saturated rings. The molecule has 16 heavy (non-hydrogen) atoms. The average Bonchev–Trinajstić information content (AvgIpc) is 2.20. The van der Waals surface area contributed by atoms with Crippen LogP contribution in [0.2, 0.25) is 0 Å². The van der Waals surface area contributed by atoms with E-state index in [9.17, 15) is 14.7 Å². The number of allylic oxidation sites excluding steroid dienone is 2. The Morgan fingerprint density at radius 2 is 1.81 bits per heavy atom. The summed E-state index contributed by atoms with van der Waals surface area (Å²) in [4.78, 5) is 21.5. The molecule has 2 N–H and O–H groups in total. The molecular formula is C12H13NO3. The van der Waals surface area contributed by atoms with Crippen LogP contribution in [0.4, 0.5) is 5.69 Å². The number of aliphatic hydroxyl groups is 1. The van der Waals surface area contributed by atoms with Crippen molar-refractivity contribution in [1.29, 1.82) is 0 Å². The highest BCUT2D eigenvalue weighted by atomic mass is 16.3. The maximum Gasteiger partial charge on any atom is 0.211 e. The van der Waals surface area contributed by atoms with Gasteiger partial charge in [0.05, 0.1) is 5.57 Å². The van der Waals surface area contributed by atoms with Crippen molar-refractivity contribution >= 4 is 23.5 Å². The van der Waals surface area contributed by atoms with Crippen LogP contribution in [0.5, 0.6) is 0 Å². The van der Waals surface area contributed by atoms with Gasteiger partial charge in [-0.25, -0.2) is 0 Å². The summed E-state index contributed by atoms with van der Waals surface area (Å²) >= 11 is 0. The number of anilines is 1. The summed E-state index contributed by atoms with van der Waals surface area (Å²) in [6, 6.07) is 6.66. The second kappa shape index (κ2) is 5.11. The second-order valence-corrected chi connectivity index (χ2v) is 3.36. The zero-order chi connectivity index (χ0) is 12.1. The molecule has 1 rings (SSSR count). The van der Waals surface area contributed by atoms with E-state index in [1.807, 2.05) is 0 Å². The van der Waals surface area contributed by atoms with Crippen LogP contribution in [0, 0.1) is 0 Å². The topological polar surface area (TPSA) is 66.4 Å². The van der Waals surface area contributed by atoms with Gasteiger partial charge in [0, 0.05) is 5.69 Å². The van der Waals surface area contributed by atoms with E-state index in [1.165, 1.54) is 13.8 Å². The molecule has 0 aliphatic carbocycles. The van der Waals surface area contributed by atoms with Crippen LogP contribution in [0.25, 0.3) is 5.57 Å². The molecule has 4 nitrogen and oxygen atoms in total. The number of benzene rings is 1. The van der Waals surface area contributed by atoms with Crippen LogP contribution < -0.4 is 5.32 Å². The van der Waals surface area contributed by atoms with Gasteiger partial charge in [-0.2, -0.15) is 0 Å². The second-order valence-electron chi connectivity index (χ2n) is 3.36. The summed E-state index contributed by atoms with van der Waals surface area (Å²) in [7, 11) is 0. The smallest absolute Gasteiger partial charge is 0.211 e. The lowest BCUT2D eigenvalue weighted by Gasteiger charge is -2.06. The maximum absolute atomic E-state index is 11.3. The highest BCUT2D eigenvalue weighted by Gasteiger charge is 2.10. The summed E-state index contributed by atoms with van der Waals surface area (Å²) in [5, 5.41) is 11.9. The quantitative estimate of drug-likeness (QED) is 0.463. The van der Waals surface area contributed by atoms with E-state index in [0.29, 0.717) is 17.7 Å². The normalized spacial score (nSPS) is 11.6. The number of hydrogen-bond acceptors (Lipinski definition) is 3. The molecule has 4 heteroatoms. The number of rotatable bonds is 4. The van der Waals surface area contributed by atoms with Gasteiger partial charge in [0.1, 0.15) is 5.76 Å². The zero-order valence-electron chi connectivity index (χ0n) is 9.15. The number of carbonyl (C=O) groups excluding carboxylic acids is 2. The maximum atomic E-state index is 11.3. The molecule has 0 saturated carbocycles. The van der Waals surface area contributed by atoms with Crippen LogP contribution in [-0.2, 0) is 9.59 Å². The Hall–Kier alpha value is -2.10. The number of carbonyl (C=O) groups is 2. The average molecular weight is 219 g/mol. The van der Waals surface area contributed by atoms with Crippen molar-refractivity contribution in [2.75, 3.05) is 5.32 Å². The summed E-state index contributed by atoms with van der Waals surface area (Å²) in [6.07, 6.45) is 0.577. The van der Waals surface area contributed by atoms with E-state index in [-0.39, 0.29) is 17.1 Å². The lowest BCUT2D eigenvalue weighted by Crippen LogP contribution is -2.00. The van der Waals surface area contributed by atoms with E-state index in [2.05, 4.69) is 5.32 Å². The molecule has 0 heterocycles. The number of aliphatic hydroxyl groups excluding tert-OH is 1. The van der Waals surface area contributed by atoms with Gasteiger partial charge in [0.2, 0.25) is 6.41 Å². The third kappa shape index (κ3) is 2.70. The standard InChI is InChI=1S/C12H13NO3/c1-8(15)12(9(2)16)10-3-5-11(6-4-10)13-7-14/h3-7,15H,1-2H3,(H,13,14)/b12-8+. The number of Topliss-reactive ketones (excluding diaryl/α,β-unsaturated/α-hetero) is 1. The highest BCUT2D eigenvalue weighted by Crippen LogP contribution is 2.20. The van der Waals surface area contributed by atoms with E-state index in [1.54, 1.807) is 24.3 Å². The van der Waals surface area contributed by atoms with Crippen molar-refractivity contribution in [3.05, 3.63) is 35.6 Å². The minimum absolute atomic E-state index is 0.0106. The Balaban J connectivity index is 3.09. The van der Waals surface area contributed by atoms with Crippen LogP contribution in [0.1, 0.15) is 19.4 Å². The fraction of sp³-hybridized carbons (Fsp3) is 0.167. The fourth-order valence-electron chi connectivity index (χ4n) is 1.47. The Bertz CT molecular complexity index is 428. The van der Waals surface area contributed by atoms with Gasteiger partial charge < -0.3 is 10.4 Å². The van der Waals surface area contributed by atoms with Gasteiger partial charge >= 0.3 is 0 Å². The lowest BCUT2D eigenvalue weighted by atomic mass is 10.0. The predicted octanol–water partition coefficient (Wildman–Crippen LogP) is 2.13. The molecule has 84 valence electrons. The Kier molecular flexibility index (Phi) is 3.83. The van der Waals surface area contributed by atoms with Crippen LogP contribution in [0.3, 0.4) is 0 Å². The SMILES string of the molecule is CC(=O)/C(=C(/C)O)c1ccc(NC=O)cc1. The first kappa shape index (κ1) is 12.0. The zero-order valence-corrected chi connectivity index (χ0v) is 9.15. The molecule has 0 atom stereocenters. The summed E-state index contributed by atoms with van der Waals surface area (Å²) in [5.74, 6) is -0.209. The molecule has 1 amide bonds. The number of amides is 1. The number of nitrogens with one attached hydrogen (secondary N) is 1. The molecule has 0 aromatic heterocycles. The van der Waals surface area contributed by atoms with E-state index < -0.39 is 0 Å². The summed E-state index contributed by atoms with van der Waals surface area (Å²) < 4.78 is 0. The van der Waals surface area contributed by atoms with Crippen molar-refractivity contribution in [3.8, 4) is 0 Å². The van der Waals surface area contributed by atoms with Crippen molar-refractivity contribution < 1.29 is 14.7 Å². The van der Waals surface area contributed by atoms with E-state index >= 15 is 0 Å². The monoisotopic (exact) mass is 219 g/mol. The fourth-order valence-corrected chi connectivity index (χ4v) is 1.47. The summed E-state index contributed by atoms with van der Waals surface area (Å²) in [5.41, 5.74) is 1.55. The van der Waals surface area contributed by atoms with E-state index in [4.69, 9.17) is 0 Å². The minimum Gasteiger partial charge on any atom is -0.512 e. The van der Waals surface area contributed by atoms with Gasteiger partial charge in [-0.15, -0.1) is 0 Å². The van der Waals surface area contributed by atoms with Gasteiger partial charge in [-0.05, 0) is 31.5 Å². The molecular weight excluding hydrogens is 206 g/mol. The molecule has 0 saturated heterocycles. The van der Waals surface area contributed by atoms with E-state index in [0.717, 1.165) is 0 Å². The van der Waals surface area contributed by atoms with Gasteiger partial charge in [0.25, 0.3) is 0 Å². The van der Waals surface area contributed by atoms with Crippen molar-refractivity contribution in [2.45, 2.75) is 13.8 Å². The first-order chi connectivity index (χ1) is 7.56. The van der Waals surface area contributed by atoms with Crippen molar-refractivity contribution in [1.82, 2.24) is 0 Å². The Morgan fingerprint density at radius 1 is 1.25 bits per heavy atom. The van der Waals surface area contributed by atoms with Crippen LogP contribution in [0.15, 0.2) is 30.0 Å². The van der Waals surface area contributed by atoms with Gasteiger partial charge in [-0.3, -0.25) is 9.59 Å². The molecule has 0 aliphatic heterocycles. The first-order valence-corrected chi connectivity index (χ1v) is 4.77. The third-order valence-corrected chi connectivity index (χ3v) is 2.11. The molecule has 1 aromatic rings. The first-order valence-electron chi connectivity index (χ1n) is 4.77. The molecule has 0 bridgehead atoms. The Labute approximate surface area is 93.6 Å². The van der Waals surface area contributed by atoms with Crippen molar-refractivity contribution in [2.24, 2.45) is 0 Å².